The SMILES string of the molecule is CCOC(=O)c1nc(CC)n(CCn2ccnc2)c1N. The first-order chi connectivity index (χ1) is 9.67. The third-order valence-electron chi connectivity index (χ3n) is 3.01. The van der Waals surface area contributed by atoms with Crippen molar-refractivity contribution >= 4 is 11.8 Å². The Balaban J connectivity index is 2.20. The largest absolute Gasteiger partial charge is 0.461 e. The molecule has 108 valence electrons. The summed E-state index contributed by atoms with van der Waals surface area (Å²) in [5, 5.41) is 0. The Morgan fingerprint density at radius 1 is 1.40 bits per heavy atom. The monoisotopic (exact) mass is 277 g/mol. The van der Waals surface area contributed by atoms with Crippen LogP contribution in [-0.4, -0.2) is 31.7 Å². The van der Waals surface area contributed by atoms with Gasteiger partial charge in [-0.2, -0.15) is 0 Å². The van der Waals surface area contributed by atoms with Crippen LogP contribution in [0.1, 0.15) is 30.2 Å². The molecule has 0 unspecified atom stereocenters. The van der Waals surface area contributed by atoms with Crippen molar-refractivity contribution in [2.75, 3.05) is 12.3 Å². The van der Waals surface area contributed by atoms with Crippen LogP contribution in [0.3, 0.4) is 0 Å². The van der Waals surface area contributed by atoms with Gasteiger partial charge < -0.3 is 19.6 Å². The summed E-state index contributed by atoms with van der Waals surface area (Å²) in [6.45, 7) is 5.39. The van der Waals surface area contributed by atoms with E-state index in [4.69, 9.17) is 10.5 Å². The average Bonchev–Trinajstić information content (AvgIpc) is 3.04. The van der Waals surface area contributed by atoms with E-state index < -0.39 is 5.97 Å². The van der Waals surface area contributed by atoms with Crippen LogP contribution in [0.2, 0.25) is 0 Å². The Morgan fingerprint density at radius 2 is 2.20 bits per heavy atom. The minimum Gasteiger partial charge on any atom is -0.461 e. The van der Waals surface area contributed by atoms with Crippen molar-refractivity contribution in [3.63, 3.8) is 0 Å². The van der Waals surface area contributed by atoms with Crippen molar-refractivity contribution in [2.45, 2.75) is 33.4 Å². The fourth-order valence-electron chi connectivity index (χ4n) is 2.02. The number of aromatic nitrogens is 4. The van der Waals surface area contributed by atoms with Crippen LogP contribution in [0.5, 0.6) is 0 Å². The van der Waals surface area contributed by atoms with E-state index in [9.17, 15) is 4.79 Å². The lowest BCUT2D eigenvalue weighted by Gasteiger charge is -2.09. The molecular formula is C13H19N5O2. The number of nitrogens with zero attached hydrogens (tertiary/aromatic N) is 4. The van der Waals surface area contributed by atoms with Crippen molar-refractivity contribution < 1.29 is 9.53 Å². The third-order valence-corrected chi connectivity index (χ3v) is 3.01. The normalized spacial score (nSPS) is 10.7. The number of anilines is 1. The molecule has 2 rings (SSSR count). The Morgan fingerprint density at radius 3 is 2.80 bits per heavy atom. The maximum absolute atomic E-state index is 11.8. The van der Waals surface area contributed by atoms with E-state index in [0.29, 0.717) is 25.4 Å². The van der Waals surface area contributed by atoms with Crippen LogP contribution in [0.4, 0.5) is 5.82 Å². The molecule has 2 N–H and O–H groups in total. The van der Waals surface area contributed by atoms with Crippen LogP contribution in [0.25, 0.3) is 0 Å². The van der Waals surface area contributed by atoms with E-state index in [1.807, 2.05) is 22.3 Å². The first-order valence-electron chi connectivity index (χ1n) is 6.65. The lowest BCUT2D eigenvalue weighted by Crippen LogP contribution is -2.13. The molecule has 0 spiro atoms. The van der Waals surface area contributed by atoms with Crippen LogP contribution >= 0.6 is 0 Å². The Labute approximate surface area is 117 Å². The molecule has 0 aliphatic carbocycles. The highest BCUT2D eigenvalue weighted by Gasteiger charge is 2.20. The fraction of sp³-hybridized carbons (Fsp3) is 0.462. The van der Waals surface area contributed by atoms with E-state index in [2.05, 4.69) is 9.97 Å². The van der Waals surface area contributed by atoms with Crippen LogP contribution in [0, 0.1) is 0 Å². The topological polar surface area (TPSA) is 88.0 Å². The number of hydrogen-bond acceptors (Lipinski definition) is 5. The molecular weight excluding hydrogens is 258 g/mol. The molecule has 0 aliphatic heterocycles. The van der Waals surface area contributed by atoms with Crippen molar-refractivity contribution in [1.29, 1.82) is 0 Å². The minimum atomic E-state index is -0.471. The van der Waals surface area contributed by atoms with Crippen molar-refractivity contribution in [3.8, 4) is 0 Å². The zero-order valence-electron chi connectivity index (χ0n) is 11.7. The minimum absolute atomic E-state index is 0.203. The Kier molecular flexibility index (Phi) is 4.39. The quantitative estimate of drug-likeness (QED) is 0.799. The van der Waals surface area contributed by atoms with Gasteiger partial charge in [0.1, 0.15) is 11.6 Å². The second-order valence-corrected chi connectivity index (χ2v) is 4.29. The number of nitrogen functional groups attached to an aromatic ring is 1. The number of carbonyl (C=O) groups excluding carboxylic acids is 1. The predicted molar refractivity (Wildman–Crippen MR) is 74.2 cm³/mol. The molecule has 7 heteroatoms. The van der Waals surface area contributed by atoms with Gasteiger partial charge >= 0.3 is 5.97 Å². The molecule has 7 nitrogen and oxygen atoms in total. The zero-order valence-corrected chi connectivity index (χ0v) is 11.7. The maximum atomic E-state index is 11.8. The number of esters is 1. The molecule has 0 aromatic carbocycles. The summed E-state index contributed by atoms with van der Waals surface area (Å²) in [5.41, 5.74) is 6.23. The van der Waals surface area contributed by atoms with Crippen LogP contribution in [0.15, 0.2) is 18.7 Å². The molecule has 0 saturated carbocycles. The van der Waals surface area contributed by atoms with Gasteiger partial charge in [0.25, 0.3) is 0 Å². The van der Waals surface area contributed by atoms with Gasteiger partial charge in [-0.25, -0.2) is 14.8 Å². The highest BCUT2D eigenvalue weighted by Crippen LogP contribution is 2.16. The number of ether oxygens (including phenoxy) is 1. The van der Waals surface area contributed by atoms with E-state index >= 15 is 0 Å². The molecule has 0 amide bonds. The summed E-state index contributed by atoms with van der Waals surface area (Å²) in [4.78, 5) is 20.1. The van der Waals surface area contributed by atoms with Crippen molar-refractivity contribution in [1.82, 2.24) is 19.1 Å². The number of carbonyl (C=O) groups is 1. The summed E-state index contributed by atoms with van der Waals surface area (Å²) in [6, 6.07) is 0. The van der Waals surface area contributed by atoms with Gasteiger partial charge in [-0.15, -0.1) is 0 Å². The number of imidazole rings is 2. The summed E-state index contributed by atoms with van der Waals surface area (Å²) in [7, 11) is 0. The molecule has 0 radical (unpaired) electrons. The molecule has 0 fully saturated rings. The van der Waals surface area contributed by atoms with E-state index in [-0.39, 0.29) is 5.69 Å². The van der Waals surface area contributed by atoms with Gasteiger partial charge in [-0.05, 0) is 6.92 Å². The average molecular weight is 277 g/mol. The highest BCUT2D eigenvalue weighted by atomic mass is 16.5. The Bertz CT molecular complexity index is 574. The standard InChI is InChI=1S/C13H19N5O2/c1-3-10-16-11(13(19)20-4-2)12(14)18(10)8-7-17-6-5-15-9-17/h5-6,9H,3-4,7-8,14H2,1-2H3. The Hall–Kier alpha value is -2.31. The van der Waals surface area contributed by atoms with Gasteiger partial charge in [0.05, 0.1) is 12.9 Å². The first-order valence-corrected chi connectivity index (χ1v) is 6.65. The van der Waals surface area contributed by atoms with Crippen LogP contribution in [-0.2, 0) is 24.2 Å². The summed E-state index contributed by atoms with van der Waals surface area (Å²) >= 11 is 0. The molecule has 2 heterocycles. The lowest BCUT2D eigenvalue weighted by molar-refractivity contribution is 0.0521. The zero-order chi connectivity index (χ0) is 14.5. The van der Waals surface area contributed by atoms with Gasteiger partial charge in [-0.3, -0.25) is 0 Å². The maximum Gasteiger partial charge on any atom is 0.360 e. The molecule has 2 aromatic rings. The first kappa shape index (κ1) is 14.1. The highest BCUT2D eigenvalue weighted by molar-refractivity contribution is 5.92. The van der Waals surface area contributed by atoms with Gasteiger partial charge in [0.15, 0.2) is 5.69 Å². The number of hydrogen-bond donors (Lipinski definition) is 1. The number of aryl methyl sites for hydroxylation is 2. The van der Waals surface area contributed by atoms with Crippen molar-refractivity contribution in [2.24, 2.45) is 0 Å². The van der Waals surface area contributed by atoms with Gasteiger partial charge in [-0.1, -0.05) is 6.92 Å². The fourth-order valence-corrected chi connectivity index (χ4v) is 2.02. The number of nitrogens with two attached hydrogens (primary N) is 1. The van der Waals surface area contributed by atoms with Crippen LogP contribution < -0.4 is 5.73 Å². The van der Waals surface area contributed by atoms with Crippen molar-refractivity contribution in [3.05, 3.63) is 30.2 Å². The predicted octanol–water partition coefficient (Wildman–Crippen LogP) is 1.10. The second kappa shape index (κ2) is 6.23. The molecule has 0 aliphatic rings. The molecule has 20 heavy (non-hydrogen) atoms. The third kappa shape index (κ3) is 2.81. The van der Waals surface area contributed by atoms with E-state index in [1.165, 1.54) is 0 Å². The molecule has 2 aromatic heterocycles. The molecule has 0 bridgehead atoms. The summed E-state index contributed by atoms with van der Waals surface area (Å²) in [5.74, 6) is 0.673. The summed E-state index contributed by atoms with van der Waals surface area (Å²) < 4.78 is 8.76. The second-order valence-electron chi connectivity index (χ2n) is 4.29. The van der Waals surface area contributed by atoms with E-state index in [1.54, 1.807) is 19.4 Å². The smallest absolute Gasteiger partial charge is 0.360 e. The van der Waals surface area contributed by atoms with Gasteiger partial charge in [0, 0.05) is 31.9 Å². The lowest BCUT2D eigenvalue weighted by atomic mass is 10.4. The molecule has 0 atom stereocenters. The van der Waals surface area contributed by atoms with E-state index in [0.717, 1.165) is 12.4 Å². The van der Waals surface area contributed by atoms with Gasteiger partial charge in [0.2, 0.25) is 0 Å². The molecule has 0 saturated heterocycles. The number of rotatable bonds is 6. The summed E-state index contributed by atoms with van der Waals surface area (Å²) in [6.07, 6.45) is 6.05.